The van der Waals surface area contributed by atoms with Crippen LogP contribution in [-0.2, 0) is 13.2 Å². The molecule has 0 saturated heterocycles. The molecule has 0 aliphatic heterocycles. The Morgan fingerprint density at radius 1 is 1.14 bits per heavy atom. The lowest BCUT2D eigenvalue weighted by atomic mass is 10.1. The fourth-order valence-electron chi connectivity index (χ4n) is 2.05. The summed E-state index contributed by atoms with van der Waals surface area (Å²) in [5, 5.41) is 2.96. The van der Waals surface area contributed by atoms with E-state index in [1.165, 1.54) is 0 Å². The molecule has 1 aromatic heterocycles. The highest BCUT2D eigenvalue weighted by atomic mass is 79.9. The van der Waals surface area contributed by atoms with Gasteiger partial charge >= 0.3 is 0 Å². The van der Waals surface area contributed by atoms with Gasteiger partial charge in [0.1, 0.15) is 17.4 Å². The Balaban J connectivity index is 1.74. The molecule has 0 bridgehead atoms. The highest BCUT2D eigenvalue weighted by molar-refractivity contribution is 9.10. The second-order valence-electron chi connectivity index (χ2n) is 4.75. The first-order valence-corrected chi connectivity index (χ1v) is 8.54. The van der Waals surface area contributed by atoms with Gasteiger partial charge in [-0.05, 0) is 39.7 Å². The van der Waals surface area contributed by atoms with Crippen molar-refractivity contribution in [3.8, 4) is 17.0 Å². The molecule has 2 aromatic carbocycles. The predicted octanol–water partition coefficient (Wildman–Crippen LogP) is 4.61. The monoisotopic (exact) mass is 374 g/mol. The molecule has 0 spiro atoms. The maximum Gasteiger partial charge on any atom is 0.134 e. The Morgan fingerprint density at radius 2 is 1.95 bits per heavy atom. The van der Waals surface area contributed by atoms with Gasteiger partial charge in [0.05, 0.1) is 10.2 Å². The molecular weight excluding hydrogens is 360 g/mol. The summed E-state index contributed by atoms with van der Waals surface area (Å²) in [5.41, 5.74) is 8.75. The van der Waals surface area contributed by atoms with Gasteiger partial charge in [-0.25, -0.2) is 4.98 Å². The zero-order chi connectivity index (χ0) is 15.4. The lowest BCUT2D eigenvalue weighted by Crippen LogP contribution is -1.96. The second kappa shape index (κ2) is 7.05. The van der Waals surface area contributed by atoms with Crippen LogP contribution in [0.2, 0.25) is 0 Å². The fourth-order valence-corrected chi connectivity index (χ4v) is 3.23. The summed E-state index contributed by atoms with van der Waals surface area (Å²) in [4.78, 5) is 4.50. The Hall–Kier alpha value is -1.69. The molecule has 0 aliphatic carbocycles. The van der Waals surface area contributed by atoms with Crippen molar-refractivity contribution in [3.63, 3.8) is 0 Å². The first-order valence-electron chi connectivity index (χ1n) is 6.87. The van der Waals surface area contributed by atoms with Crippen molar-refractivity contribution in [1.82, 2.24) is 4.98 Å². The Bertz CT molecular complexity index is 758. The van der Waals surface area contributed by atoms with E-state index in [2.05, 4.69) is 20.9 Å². The van der Waals surface area contributed by atoms with Crippen molar-refractivity contribution in [2.24, 2.45) is 5.73 Å². The molecule has 0 atom stereocenters. The maximum absolute atomic E-state index is 5.86. The summed E-state index contributed by atoms with van der Waals surface area (Å²) in [6, 6.07) is 16.1. The third kappa shape index (κ3) is 3.55. The van der Waals surface area contributed by atoms with E-state index in [4.69, 9.17) is 10.5 Å². The van der Waals surface area contributed by atoms with Crippen molar-refractivity contribution < 1.29 is 4.74 Å². The fraction of sp³-hybridized carbons (Fsp3) is 0.118. The average molecular weight is 375 g/mol. The van der Waals surface area contributed by atoms with E-state index in [0.29, 0.717) is 13.2 Å². The minimum Gasteiger partial charge on any atom is -0.488 e. The molecule has 3 nitrogen and oxygen atoms in total. The lowest BCUT2D eigenvalue weighted by Gasteiger charge is -2.09. The number of thiazole rings is 1. The molecule has 3 aromatic rings. The smallest absolute Gasteiger partial charge is 0.134 e. The molecule has 3 rings (SSSR count). The molecule has 5 heteroatoms. The maximum atomic E-state index is 5.86. The largest absolute Gasteiger partial charge is 0.488 e. The van der Waals surface area contributed by atoms with Gasteiger partial charge in [-0.3, -0.25) is 0 Å². The van der Waals surface area contributed by atoms with Gasteiger partial charge in [-0.15, -0.1) is 11.3 Å². The van der Waals surface area contributed by atoms with E-state index in [1.54, 1.807) is 11.3 Å². The number of benzene rings is 2. The minimum atomic E-state index is 0.476. The first-order chi connectivity index (χ1) is 10.8. The standard InChI is InChI=1S/C17H15BrN2OS/c18-14-8-13(15-11-22-17(9-19)20-15)6-7-16(14)21-10-12-4-2-1-3-5-12/h1-8,11H,9-10,19H2. The highest BCUT2D eigenvalue weighted by Gasteiger charge is 2.08. The topological polar surface area (TPSA) is 48.1 Å². The molecule has 0 saturated carbocycles. The van der Waals surface area contributed by atoms with Crippen molar-refractivity contribution in [3.05, 3.63) is 69.0 Å². The number of halogens is 1. The summed E-state index contributed by atoms with van der Waals surface area (Å²) >= 11 is 5.15. The van der Waals surface area contributed by atoms with Crippen LogP contribution in [0.1, 0.15) is 10.6 Å². The normalized spacial score (nSPS) is 10.6. The van der Waals surface area contributed by atoms with Gasteiger partial charge in [0.2, 0.25) is 0 Å². The molecule has 2 N–H and O–H groups in total. The van der Waals surface area contributed by atoms with Crippen LogP contribution in [0, 0.1) is 0 Å². The summed E-state index contributed by atoms with van der Waals surface area (Å²) in [6.45, 7) is 1.02. The van der Waals surface area contributed by atoms with Crippen molar-refractivity contribution in [1.29, 1.82) is 0 Å². The molecule has 112 valence electrons. The highest BCUT2D eigenvalue weighted by Crippen LogP contribution is 2.31. The van der Waals surface area contributed by atoms with Gasteiger partial charge in [-0.2, -0.15) is 0 Å². The van der Waals surface area contributed by atoms with E-state index in [-0.39, 0.29) is 0 Å². The third-order valence-corrected chi connectivity index (χ3v) is 4.68. The van der Waals surface area contributed by atoms with Crippen LogP contribution < -0.4 is 10.5 Å². The van der Waals surface area contributed by atoms with Crippen molar-refractivity contribution >= 4 is 27.3 Å². The summed E-state index contributed by atoms with van der Waals surface area (Å²) < 4.78 is 6.78. The van der Waals surface area contributed by atoms with Crippen LogP contribution in [0.5, 0.6) is 5.75 Å². The van der Waals surface area contributed by atoms with Crippen LogP contribution in [0.15, 0.2) is 58.4 Å². The Labute approximate surface area is 141 Å². The van der Waals surface area contributed by atoms with Gasteiger partial charge in [0.15, 0.2) is 0 Å². The number of hydrogen-bond donors (Lipinski definition) is 1. The molecule has 22 heavy (non-hydrogen) atoms. The predicted molar refractivity (Wildman–Crippen MR) is 93.9 cm³/mol. The quantitative estimate of drug-likeness (QED) is 0.709. The van der Waals surface area contributed by atoms with E-state index in [1.807, 2.05) is 53.9 Å². The number of rotatable bonds is 5. The molecule has 0 aliphatic rings. The number of hydrogen-bond acceptors (Lipinski definition) is 4. The number of aromatic nitrogens is 1. The Kier molecular flexibility index (Phi) is 4.87. The van der Waals surface area contributed by atoms with Crippen LogP contribution in [0.25, 0.3) is 11.3 Å². The van der Waals surface area contributed by atoms with E-state index in [0.717, 1.165) is 32.1 Å². The van der Waals surface area contributed by atoms with Gasteiger partial charge < -0.3 is 10.5 Å². The summed E-state index contributed by atoms with van der Waals surface area (Å²) in [7, 11) is 0. The van der Waals surface area contributed by atoms with Crippen molar-refractivity contribution in [2.75, 3.05) is 0 Å². The Morgan fingerprint density at radius 3 is 2.64 bits per heavy atom. The van der Waals surface area contributed by atoms with E-state index < -0.39 is 0 Å². The molecule has 0 amide bonds. The third-order valence-electron chi connectivity index (χ3n) is 3.19. The summed E-state index contributed by atoms with van der Waals surface area (Å²) in [6.07, 6.45) is 0. The van der Waals surface area contributed by atoms with Crippen LogP contribution in [0.3, 0.4) is 0 Å². The molecule has 0 unspecified atom stereocenters. The first kappa shape index (κ1) is 15.2. The number of nitrogens with zero attached hydrogens (tertiary/aromatic N) is 1. The van der Waals surface area contributed by atoms with Gasteiger partial charge in [0, 0.05) is 17.5 Å². The van der Waals surface area contributed by atoms with Crippen LogP contribution in [-0.4, -0.2) is 4.98 Å². The van der Waals surface area contributed by atoms with Gasteiger partial charge in [0.25, 0.3) is 0 Å². The zero-order valence-corrected chi connectivity index (χ0v) is 14.2. The molecule has 0 fully saturated rings. The van der Waals surface area contributed by atoms with Crippen LogP contribution in [0.4, 0.5) is 0 Å². The SMILES string of the molecule is NCc1nc(-c2ccc(OCc3ccccc3)c(Br)c2)cs1. The molecule has 1 heterocycles. The molecular formula is C17H15BrN2OS. The van der Waals surface area contributed by atoms with E-state index >= 15 is 0 Å². The zero-order valence-electron chi connectivity index (χ0n) is 11.8. The van der Waals surface area contributed by atoms with E-state index in [9.17, 15) is 0 Å². The number of nitrogens with two attached hydrogens (primary N) is 1. The van der Waals surface area contributed by atoms with Crippen molar-refractivity contribution in [2.45, 2.75) is 13.2 Å². The van der Waals surface area contributed by atoms with Crippen LogP contribution >= 0.6 is 27.3 Å². The van der Waals surface area contributed by atoms with Gasteiger partial charge in [-0.1, -0.05) is 30.3 Å². The second-order valence-corrected chi connectivity index (χ2v) is 6.55. The lowest BCUT2D eigenvalue weighted by molar-refractivity contribution is 0.304. The summed E-state index contributed by atoms with van der Waals surface area (Å²) in [5.74, 6) is 0.821. The molecule has 0 radical (unpaired) electrons. The number of ether oxygens (including phenoxy) is 1. The average Bonchev–Trinajstić information content (AvgIpc) is 3.04. The minimum absolute atomic E-state index is 0.476.